The number of para-hydroxylation sites is 1. The number of aromatic nitrogens is 1. The zero-order chi connectivity index (χ0) is 19.7. The molecule has 146 valence electrons. The predicted molar refractivity (Wildman–Crippen MR) is 111 cm³/mol. The quantitative estimate of drug-likeness (QED) is 0.576. The summed E-state index contributed by atoms with van der Waals surface area (Å²) in [5.41, 5.74) is 2.66. The maximum atomic E-state index is 12.9. The van der Waals surface area contributed by atoms with Gasteiger partial charge in [0.2, 0.25) is 11.8 Å². The van der Waals surface area contributed by atoms with Crippen molar-refractivity contribution in [3.05, 3.63) is 52.0 Å². The van der Waals surface area contributed by atoms with Crippen molar-refractivity contribution in [2.75, 3.05) is 18.1 Å². The van der Waals surface area contributed by atoms with E-state index in [1.807, 2.05) is 36.4 Å². The van der Waals surface area contributed by atoms with Crippen LogP contribution in [0.1, 0.15) is 17.7 Å². The number of nitrogens with zero attached hydrogens (tertiary/aromatic N) is 1. The lowest BCUT2D eigenvalue weighted by Gasteiger charge is -2.34. The Hall–Kier alpha value is -2.35. The van der Waals surface area contributed by atoms with Crippen LogP contribution in [-0.4, -0.2) is 41.1 Å². The number of rotatable bonds is 6. The van der Waals surface area contributed by atoms with Crippen LogP contribution >= 0.6 is 22.9 Å². The summed E-state index contributed by atoms with van der Waals surface area (Å²) < 4.78 is 0.701. The Morgan fingerprint density at radius 3 is 2.96 bits per heavy atom. The molecule has 3 N–H and O–H groups in total. The van der Waals surface area contributed by atoms with E-state index in [1.54, 1.807) is 4.90 Å². The molecule has 1 atom stereocenters. The van der Waals surface area contributed by atoms with Crippen LogP contribution in [0.25, 0.3) is 10.2 Å². The van der Waals surface area contributed by atoms with Crippen molar-refractivity contribution in [2.45, 2.75) is 25.3 Å². The first-order chi connectivity index (χ1) is 13.5. The molecule has 1 aliphatic rings. The molecule has 2 amide bonds. The zero-order valence-electron chi connectivity index (χ0n) is 15.1. The van der Waals surface area contributed by atoms with Gasteiger partial charge in [-0.1, -0.05) is 29.8 Å². The highest BCUT2D eigenvalue weighted by Gasteiger charge is 2.33. The van der Waals surface area contributed by atoms with Crippen molar-refractivity contribution in [3.8, 4) is 0 Å². The molecule has 6 nitrogen and oxygen atoms in total. The molecule has 8 heteroatoms. The largest absolute Gasteiger partial charge is 0.396 e. The Labute approximate surface area is 171 Å². The Morgan fingerprint density at radius 2 is 2.18 bits per heavy atom. The van der Waals surface area contributed by atoms with Crippen molar-refractivity contribution in [1.82, 2.24) is 10.3 Å². The Bertz CT molecular complexity index is 997. The van der Waals surface area contributed by atoms with Crippen LogP contribution in [0.5, 0.6) is 0 Å². The molecule has 1 unspecified atom stereocenters. The second-order valence-corrected chi connectivity index (χ2v) is 8.51. The van der Waals surface area contributed by atoms with Gasteiger partial charge < -0.3 is 20.3 Å². The molecule has 0 aliphatic carbocycles. The van der Waals surface area contributed by atoms with Crippen LogP contribution in [0.4, 0.5) is 5.69 Å². The number of hydrogen-bond donors (Lipinski definition) is 3. The molecule has 0 radical (unpaired) electrons. The molecule has 2 aromatic heterocycles. The minimum Gasteiger partial charge on any atom is -0.396 e. The monoisotopic (exact) mass is 417 g/mol. The molecule has 0 bridgehead atoms. The smallest absolute Gasteiger partial charge is 0.249 e. The second-order valence-electron chi connectivity index (χ2n) is 6.83. The Morgan fingerprint density at radius 1 is 1.36 bits per heavy atom. The van der Waals surface area contributed by atoms with E-state index in [-0.39, 0.29) is 24.8 Å². The fraction of sp³-hybridized carbons (Fsp3) is 0.300. The number of amides is 2. The zero-order valence-corrected chi connectivity index (χ0v) is 16.6. The van der Waals surface area contributed by atoms with Gasteiger partial charge in [-0.3, -0.25) is 9.59 Å². The third-order valence-electron chi connectivity index (χ3n) is 4.83. The van der Waals surface area contributed by atoms with E-state index < -0.39 is 6.04 Å². The Balaban J connectivity index is 1.47. The van der Waals surface area contributed by atoms with E-state index in [2.05, 4.69) is 10.3 Å². The summed E-state index contributed by atoms with van der Waals surface area (Å²) in [5, 5.41) is 13.0. The number of hydrogen-bond acceptors (Lipinski definition) is 4. The van der Waals surface area contributed by atoms with E-state index in [1.165, 1.54) is 11.3 Å². The van der Waals surface area contributed by atoms with Gasteiger partial charge in [-0.05, 0) is 30.2 Å². The van der Waals surface area contributed by atoms with Gasteiger partial charge in [0.25, 0.3) is 0 Å². The van der Waals surface area contributed by atoms with Crippen molar-refractivity contribution in [1.29, 1.82) is 0 Å². The van der Waals surface area contributed by atoms with Gasteiger partial charge in [-0.2, -0.15) is 0 Å². The summed E-state index contributed by atoms with van der Waals surface area (Å²) in [4.78, 5) is 31.3. The van der Waals surface area contributed by atoms with Gasteiger partial charge in [-0.15, -0.1) is 11.3 Å². The number of carbonyl (C=O) groups is 2. The number of H-pyrrole nitrogens is 1. The lowest BCUT2D eigenvalue weighted by atomic mass is 9.96. The minimum absolute atomic E-state index is 0.0109. The topological polar surface area (TPSA) is 85.4 Å². The molecule has 4 rings (SSSR count). The standard InChI is InChI=1S/C20H20ClN3O3S/c21-17-10-13-8-14(22-19(13)28-17)11-18(26)23-15-9-12-4-1-2-5-16(12)24(20(15)27)6-3-7-25/h1-2,4-5,8,10,15,22,25H,3,6-7,9,11H2,(H,23,26). The summed E-state index contributed by atoms with van der Waals surface area (Å²) in [6.45, 7) is 0.434. The SMILES string of the molecule is O=C(Cc1cc2cc(Cl)sc2[nH]1)NC1Cc2ccccc2N(CCCO)C1=O. The van der Waals surface area contributed by atoms with E-state index in [9.17, 15) is 9.59 Å². The fourth-order valence-corrected chi connectivity index (χ4v) is 4.74. The number of thiophene rings is 1. The van der Waals surface area contributed by atoms with Crippen LogP contribution in [-0.2, 0) is 22.4 Å². The van der Waals surface area contributed by atoms with Gasteiger partial charge in [0, 0.05) is 36.3 Å². The summed E-state index contributed by atoms with van der Waals surface area (Å²) in [6.07, 6.45) is 1.12. The minimum atomic E-state index is -0.605. The molecule has 1 aliphatic heterocycles. The summed E-state index contributed by atoms with van der Waals surface area (Å²) in [5.74, 6) is -0.348. The number of carbonyl (C=O) groups excluding carboxylic acids is 2. The average Bonchev–Trinajstić information content (AvgIpc) is 3.18. The highest BCUT2D eigenvalue weighted by molar-refractivity contribution is 7.22. The summed E-state index contributed by atoms with van der Waals surface area (Å²) >= 11 is 7.41. The highest BCUT2D eigenvalue weighted by atomic mass is 35.5. The first-order valence-corrected chi connectivity index (χ1v) is 10.3. The fourth-order valence-electron chi connectivity index (χ4n) is 3.59. The second kappa shape index (κ2) is 7.95. The normalized spacial score (nSPS) is 16.4. The van der Waals surface area contributed by atoms with E-state index in [4.69, 9.17) is 16.7 Å². The maximum Gasteiger partial charge on any atom is 0.249 e. The maximum absolute atomic E-state index is 12.9. The number of anilines is 1. The molecule has 0 fully saturated rings. The predicted octanol–water partition coefficient (Wildman–Crippen LogP) is 2.88. The van der Waals surface area contributed by atoms with Crippen LogP contribution < -0.4 is 10.2 Å². The highest BCUT2D eigenvalue weighted by Crippen LogP contribution is 2.30. The molecular formula is C20H20ClN3O3S. The van der Waals surface area contributed by atoms with E-state index >= 15 is 0 Å². The van der Waals surface area contributed by atoms with Gasteiger partial charge in [0.15, 0.2) is 0 Å². The molecular weight excluding hydrogens is 398 g/mol. The lowest BCUT2D eigenvalue weighted by Crippen LogP contribution is -2.53. The number of aliphatic hydroxyl groups excluding tert-OH is 1. The van der Waals surface area contributed by atoms with Crippen molar-refractivity contribution < 1.29 is 14.7 Å². The van der Waals surface area contributed by atoms with Crippen LogP contribution in [0.15, 0.2) is 36.4 Å². The Kier molecular flexibility index (Phi) is 5.39. The van der Waals surface area contributed by atoms with Crippen LogP contribution in [0.2, 0.25) is 4.34 Å². The third-order valence-corrected chi connectivity index (χ3v) is 6.03. The molecule has 0 saturated carbocycles. The average molecular weight is 418 g/mol. The molecule has 0 saturated heterocycles. The number of aromatic amines is 1. The van der Waals surface area contributed by atoms with Crippen molar-refractivity contribution >= 4 is 50.7 Å². The molecule has 3 aromatic rings. The van der Waals surface area contributed by atoms with Gasteiger partial charge in [-0.25, -0.2) is 0 Å². The molecule has 0 spiro atoms. The van der Waals surface area contributed by atoms with Crippen LogP contribution in [0, 0.1) is 0 Å². The van der Waals surface area contributed by atoms with Gasteiger partial charge >= 0.3 is 0 Å². The number of nitrogens with one attached hydrogen (secondary N) is 2. The van der Waals surface area contributed by atoms with E-state index in [0.717, 1.165) is 27.2 Å². The number of benzene rings is 1. The van der Waals surface area contributed by atoms with Crippen molar-refractivity contribution in [2.24, 2.45) is 0 Å². The third kappa shape index (κ3) is 3.78. The molecule has 28 heavy (non-hydrogen) atoms. The lowest BCUT2D eigenvalue weighted by molar-refractivity contribution is -0.127. The van der Waals surface area contributed by atoms with Gasteiger partial charge in [0.1, 0.15) is 10.9 Å². The van der Waals surface area contributed by atoms with Gasteiger partial charge in [0.05, 0.1) is 10.8 Å². The first kappa shape index (κ1) is 19.0. The summed E-state index contributed by atoms with van der Waals surface area (Å²) in [7, 11) is 0. The number of aliphatic hydroxyl groups is 1. The van der Waals surface area contributed by atoms with Crippen molar-refractivity contribution in [3.63, 3.8) is 0 Å². The molecule has 3 heterocycles. The first-order valence-electron chi connectivity index (χ1n) is 9.11. The summed E-state index contributed by atoms with van der Waals surface area (Å²) in [6, 6.07) is 10.8. The molecule has 1 aromatic carbocycles. The van der Waals surface area contributed by atoms with Crippen LogP contribution in [0.3, 0.4) is 0 Å². The van der Waals surface area contributed by atoms with E-state index in [0.29, 0.717) is 23.7 Å². The number of halogens is 1. The number of fused-ring (bicyclic) bond motifs is 2.